The van der Waals surface area contributed by atoms with Gasteiger partial charge >= 0.3 is 0 Å². The van der Waals surface area contributed by atoms with Crippen LogP contribution in [0.15, 0.2) is 83.2 Å². The fourth-order valence-electron chi connectivity index (χ4n) is 3.74. The van der Waals surface area contributed by atoms with Crippen molar-refractivity contribution in [3.63, 3.8) is 0 Å². The monoisotopic (exact) mass is 519 g/mol. The van der Waals surface area contributed by atoms with Gasteiger partial charge in [-0.2, -0.15) is 4.98 Å². The van der Waals surface area contributed by atoms with Crippen molar-refractivity contribution < 1.29 is 0 Å². The Hall–Kier alpha value is -3.27. The molecule has 7 nitrogen and oxygen atoms in total. The number of nitrogens with zero attached hydrogens (tertiary/aromatic N) is 5. The van der Waals surface area contributed by atoms with Crippen LogP contribution in [0.4, 0.5) is 11.8 Å². The molecule has 10 heteroatoms. The van der Waals surface area contributed by atoms with Crippen LogP contribution in [0.25, 0.3) is 0 Å². The quantitative estimate of drug-likeness (QED) is 0.205. The van der Waals surface area contributed by atoms with Crippen molar-refractivity contribution in [1.82, 2.24) is 25.3 Å². The lowest BCUT2D eigenvalue weighted by Gasteiger charge is -2.30. The second-order valence-electron chi connectivity index (χ2n) is 7.90. The molecule has 3 heterocycles. The molecule has 1 aliphatic rings. The lowest BCUT2D eigenvalue weighted by Crippen LogP contribution is -2.32. The third kappa shape index (κ3) is 6.25. The maximum absolute atomic E-state index is 5.97. The van der Waals surface area contributed by atoms with Crippen LogP contribution >= 0.6 is 35.6 Å². The summed E-state index contributed by atoms with van der Waals surface area (Å²) in [7, 11) is 0. The fourth-order valence-corrected chi connectivity index (χ4v) is 4.74. The molecule has 35 heavy (non-hydrogen) atoms. The van der Waals surface area contributed by atoms with E-state index < -0.39 is 0 Å². The Morgan fingerprint density at radius 2 is 1.77 bits per heavy atom. The van der Waals surface area contributed by atoms with E-state index in [1.165, 1.54) is 22.9 Å². The zero-order valence-corrected chi connectivity index (χ0v) is 21.1. The number of anilines is 2. The van der Waals surface area contributed by atoms with Crippen LogP contribution in [-0.4, -0.2) is 31.6 Å². The lowest BCUT2D eigenvalue weighted by atomic mass is 10.00. The number of hydrogen-bond donors (Lipinski definition) is 2. The molecule has 0 fully saturated rings. The molecule has 2 aromatic carbocycles. The van der Waals surface area contributed by atoms with E-state index in [-0.39, 0.29) is 0 Å². The Morgan fingerprint density at radius 1 is 1.00 bits per heavy atom. The number of aromatic nitrogens is 4. The van der Waals surface area contributed by atoms with Crippen molar-refractivity contribution in [3.8, 4) is 0 Å². The van der Waals surface area contributed by atoms with Gasteiger partial charge in [-0.3, -0.25) is 0 Å². The highest BCUT2D eigenvalue weighted by Crippen LogP contribution is 2.29. The molecule has 0 saturated heterocycles. The van der Waals surface area contributed by atoms with Crippen LogP contribution in [0, 0.1) is 0 Å². The topological polar surface area (TPSA) is 78.9 Å². The number of fused-ring (bicyclic) bond motifs is 1. The third-order valence-electron chi connectivity index (χ3n) is 5.47. The van der Waals surface area contributed by atoms with E-state index in [2.05, 4.69) is 54.8 Å². The Morgan fingerprint density at radius 3 is 2.57 bits per heavy atom. The number of benzene rings is 2. The number of halogens is 1. The first-order valence-electron chi connectivity index (χ1n) is 11.1. The standard InChI is InChI=1S/C25H22ClN7S2/c26-20-8-6-17(7-9-20)15-29-24(34)32-23-30-21(14-22(31-23)35-25-27-11-3-12-28-25)33-13-10-18-4-1-2-5-19(18)16-33/h1-9,11-12,14H,10,13,15-16H2,(H2,29,30,31,32,34). The first-order chi connectivity index (χ1) is 17.1. The van der Waals surface area contributed by atoms with Gasteiger partial charge in [0.2, 0.25) is 5.95 Å². The first kappa shape index (κ1) is 23.5. The van der Waals surface area contributed by atoms with Crippen molar-refractivity contribution in [3.05, 3.63) is 94.8 Å². The van der Waals surface area contributed by atoms with Crippen molar-refractivity contribution in [2.24, 2.45) is 0 Å². The van der Waals surface area contributed by atoms with E-state index in [9.17, 15) is 0 Å². The molecule has 0 spiro atoms. The number of hydrogen-bond acceptors (Lipinski definition) is 7. The van der Waals surface area contributed by atoms with Gasteiger partial charge in [0.25, 0.3) is 0 Å². The van der Waals surface area contributed by atoms with Gasteiger partial charge in [-0.25, -0.2) is 15.0 Å². The van der Waals surface area contributed by atoms with Gasteiger partial charge in [-0.1, -0.05) is 48.0 Å². The van der Waals surface area contributed by atoms with E-state index >= 15 is 0 Å². The van der Waals surface area contributed by atoms with Crippen molar-refractivity contribution in [2.45, 2.75) is 29.7 Å². The van der Waals surface area contributed by atoms with Crippen LogP contribution < -0.4 is 15.5 Å². The Labute approximate surface area is 218 Å². The fraction of sp³-hybridized carbons (Fsp3) is 0.160. The minimum atomic E-state index is 0.424. The largest absolute Gasteiger partial charge is 0.358 e. The molecule has 2 N–H and O–H groups in total. The Kier molecular flexibility index (Phi) is 7.37. The summed E-state index contributed by atoms with van der Waals surface area (Å²) in [5, 5.41) is 8.84. The second-order valence-corrected chi connectivity index (χ2v) is 9.73. The van der Waals surface area contributed by atoms with Gasteiger partial charge in [-0.05, 0) is 65.3 Å². The molecule has 0 unspecified atom stereocenters. The van der Waals surface area contributed by atoms with Crippen LogP contribution in [-0.2, 0) is 19.5 Å². The molecule has 0 atom stereocenters. The normalized spacial score (nSPS) is 12.7. The van der Waals surface area contributed by atoms with Gasteiger partial charge < -0.3 is 15.5 Å². The van der Waals surface area contributed by atoms with Gasteiger partial charge in [0.15, 0.2) is 10.3 Å². The van der Waals surface area contributed by atoms with Crippen molar-refractivity contribution in [1.29, 1.82) is 0 Å². The van der Waals surface area contributed by atoms with Gasteiger partial charge in [0.05, 0.1) is 0 Å². The predicted octanol–water partition coefficient (Wildman–Crippen LogP) is 5.12. The minimum absolute atomic E-state index is 0.424. The molecule has 0 amide bonds. The van der Waals surface area contributed by atoms with E-state index in [4.69, 9.17) is 28.8 Å². The molecule has 0 saturated carbocycles. The van der Waals surface area contributed by atoms with E-state index in [0.29, 0.717) is 27.8 Å². The van der Waals surface area contributed by atoms with Gasteiger partial charge in [0, 0.05) is 43.1 Å². The third-order valence-corrected chi connectivity index (χ3v) is 6.78. The van der Waals surface area contributed by atoms with Crippen molar-refractivity contribution in [2.75, 3.05) is 16.8 Å². The highest BCUT2D eigenvalue weighted by molar-refractivity contribution is 7.99. The van der Waals surface area contributed by atoms with E-state index in [0.717, 1.165) is 35.9 Å². The van der Waals surface area contributed by atoms with E-state index in [1.54, 1.807) is 18.5 Å². The summed E-state index contributed by atoms with van der Waals surface area (Å²) in [6, 6.07) is 19.9. The highest BCUT2D eigenvalue weighted by atomic mass is 35.5. The molecule has 0 bridgehead atoms. The van der Waals surface area contributed by atoms with Crippen molar-refractivity contribution >= 4 is 52.5 Å². The summed E-state index contributed by atoms with van der Waals surface area (Å²) < 4.78 is 0. The summed E-state index contributed by atoms with van der Waals surface area (Å²) in [6.45, 7) is 2.22. The number of thiocarbonyl (C=S) groups is 1. The predicted molar refractivity (Wildman–Crippen MR) is 144 cm³/mol. The summed E-state index contributed by atoms with van der Waals surface area (Å²) >= 11 is 12.9. The molecule has 2 aromatic heterocycles. The molecule has 0 aliphatic carbocycles. The van der Waals surface area contributed by atoms with Gasteiger partial charge in [-0.15, -0.1) is 0 Å². The van der Waals surface area contributed by atoms with Crippen LogP contribution in [0.1, 0.15) is 16.7 Å². The van der Waals surface area contributed by atoms with Gasteiger partial charge in [0.1, 0.15) is 10.8 Å². The zero-order chi connectivity index (χ0) is 24.0. The van der Waals surface area contributed by atoms with E-state index in [1.807, 2.05) is 30.3 Å². The lowest BCUT2D eigenvalue weighted by molar-refractivity contribution is 0.717. The molecule has 0 radical (unpaired) electrons. The summed E-state index contributed by atoms with van der Waals surface area (Å²) in [5.74, 6) is 1.25. The maximum atomic E-state index is 5.97. The maximum Gasteiger partial charge on any atom is 0.232 e. The zero-order valence-electron chi connectivity index (χ0n) is 18.7. The molecule has 5 rings (SSSR count). The summed E-state index contributed by atoms with van der Waals surface area (Å²) in [4.78, 5) is 20.3. The summed E-state index contributed by atoms with van der Waals surface area (Å²) in [6.07, 6.45) is 4.40. The number of nitrogens with one attached hydrogen (secondary N) is 2. The highest BCUT2D eigenvalue weighted by Gasteiger charge is 2.19. The first-order valence-corrected chi connectivity index (χ1v) is 12.7. The molecule has 1 aliphatic heterocycles. The van der Waals surface area contributed by atoms with Crippen LogP contribution in [0.3, 0.4) is 0 Å². The molecular weight excluding hydrogens is 498 g/mol. The smallest absolute Gasteiger partial charge is 0.232 e. The molecule has 4 aromatic rings. The Bertz CT molecular complexity index is 1320. The average molecular weight is 520 g/mol. The second kappa shape index (κ2) is 11.0. The van der Waals surface area contributed by atoms with Crippen LogP contribution in [0.5, 0.6) is 0 Å². The van der Waals surface area contributed by atoms with Crippen LogP contribution in [0.2, 0.25) is 5.02 Å². The SMILES string of the molecule is S=C(NCc1ccc(Cl)cc1)Nc1nc(Sc2ncccn2)cc(N2CCc3ccccc3C2)n1. The summed E-state index contributed by atoms with van der Waals surface area (Å²) in [5.41, 5.74) is 3.77. The molecule has 176 valence electrons. The average Bonchev–Trinajstić information content (AvgIpc) is 2.88. The molecular formula is C25H22ClN7S2. The number of rotatable bonds is 6. The minimum Gasteiger partial charge on any atom is -0.358 e. The Balaban J connectivity index is 1.35.